The summed E-state index contributed by atoms with van der Waals surface area (Å²) in [5.74, 6) is 0.283. The van der Waals surface area contributed by atoms with E-state index in [2.05, 4.69) is 39.9 Å². The lowest BCUT2D eigenvalue weighted by atomic mass is 9.82. The number of carbonyl (C=O) groups excluding carboxylic acids is 1. The molecule has 1 aromatic carbocycles. The zero-order valence-electron chi connectivity index (χ0n) is 15.5. The fourth-order valence-corrected chi connectivity index (χ4v) is 3.30. The number of methoxy groups -OCH3 is 1. The number of halogens is 1. The molecule has 0 fully saturated rings. The topological polar surface area (TPSA) is 78.2 Å². The van der Waals surface area contributed by atoms with Crippen LogP contribution in [0.4, 0.5) is 0 Å². The van der Waals surface area contributed by atoms with E-state index in [0.717, 1.165) is 18.5 Å². The molecule has 0 heterocycles. The molecule has 0 radical (unpaired) electrons. The van der Waals surface area contributed by atoms with Gasteiger partial charge in [-0.05, 0) is 31.4 Å². The Morgan fingerprint density at radius 3 is 2.38 bits per heavy atom. The van der Waals surface area contributed by atoms with E-state index >= 15 is 0 Å². The molecule has 0 atom stereocenters. The van der Waals surface area contributed by atoms with E-state index in [9.17, 15) is 4.79 Å². The molecule has 0 aliphatic carbocycles. The fourth-order valence-electron chi connectivity index (χ4n) is 3.01. The van der Waals surface area contributed by atoms with Gasteiger partial charge in [-0.25, -0.2) is 0 Å². The van der Waals surface area contributed by atoms with Crippen LogP contribution >= 0.6 is 11.6 Å². The third-order valence-corrected chi connectivity index (χ3v) is 3.81. The van der Waals surface area contributed by atoms with Gasteiger partial charge in [-0.1, -0.05) is 32.4 Å². The van der Waals surface area contributed by atoms with Crippen molar-refractivity contribution in [1.82, 2.24) is 0 Å². The Morgan fingerprint density at radius 1 is 1.25 bits per heavy atom. The second-order valence-corrected chi connectivity index (χ2v) is 8.41. The molecule has 24 heavy (non-hydrogen) atoms. The molecule has 4 N–H and O–H groups in total. The highest BCUT2D eigenvalue weighted by Gasteiger charge is 2.28. The minimum atomic E-state index is -0.561. The van der Waals surface area contributed by atoms with Crippen LogP contribution in [0.2, 0.25) is 5.02 Å². The number of quaternary nitrogens is 1. The Kier molecular flexibility index (Phi) is 6.93. The van der Waals surface area contributed by atoms with Crippen molar-refractivity contribution >= 4 is 17.5 Å². The first kappa shape index (κ1) is 20.6. The minimum Gasteiger partial charge on any atom is -0.493 e. The highest BCUT2D eigenvalue weighted by atomic mass is 35.5. The molecule has 0 aromatic heterocycles. The molecule has 1 amide bonds. The number of rotatable bonds is 8. The molecule has 1 aromatic rings. The van der Waals surface area contributed by atoms with Gasteiger partial charge in [0, 0.05) is 12.0 Å². The van der Waals surface area contributed by atoms with Crippen LogP contribution in [0.25, 0.3) is 0 Å². The van der Waals surface area contributed by atoms with Crippen LogP contribution in [0, 0.1) is 5.41 Å². The predicted octanol–water partition coefficient (Wildman–Crippen LogP) is 2.49. The van der Waals surface area contributed by atoms with Crippen molar-refractivity contribution in [2.75, 3.05) is 13.7 Å². The van der Waals surface area contributed by atoms with Crippen molar-refractivity contribution in [2.24, 2.45) is 11.1 Å². The lowest BCUT2D eigenvalue weighted by Gasteiger charge is -2.30. The van der Waals surface area contributed by atoms with E-state index in [1.807, 2.05) is 12.1 Å². The number of primary amides is 1. The lowest BCUT2D eigenvalue weighted by molar-refractivity contribution is -0.737. The smallest absolute Gasteiger partial charge is 0.255 e. The van der Waals surface area contributed by atoms with Crippen molar-refractivity contribution in [3.63, 3.8) is 0 Å². The number of benzene rings is 1. The Hall–Kier alpha value is -1.46. The van der Waals surface area contributed by atoms with Crippen molar-refractivity contribution in [3.05, 3.63) is 22.7 Å². The minimum absolute atomic E-state index is 0.110. The lowest BCUT2D eigenvalue weighted by Crippen LogP contribution is -2.94. The summed E-state index contributed by atoms with van der Waals surface area (Å²) in [7, 11) is 1.54. The summed E-state index contributed by atoms with van der Waals surface area (Å²) in [5.41, 5.74) is 6.51. The molecular weight excluding hydrogens is 328 g/mol. The quantitative estimate of drug-likeness (QED) is 0.750. The summed E-state index contributed by atoms with van der Waals surface area (Å²) in [6, 6.07) is 3.72. The molecule has 136 valence electrons. The predicted molar refractivity (Wildman–Crippen MR) is 96.5 cm³/mol. The number of ether oxygens (including phenoxy) is 2. The van der Waals surface area contributed by atoms with E-state index in [1.165, 1.54) is 0 Å². The van der Waals surface area contributed by atoms with Gasteiger partial charge in [-0.15, -0.1) is 0 Å². The van der Waals surface area contributed by atoms with Crippen molar-refractivity contribution in [2.45, 2.75) is 53.1 Å². The van der Waals surface area contributed by atoms with Gasteiger partial charge < -0.3 is 20.5 Å². The molecular formula is C18H30ClN2O3+. The first-order valence-electron chi connectivity index (χ1n) is 8.05. The third-order valence-electron chi connectivity index (χ3n) is 3.52. The molecule has 5 nitrogen and oxygen atoms in total. The summed E-state index contributed by atoms with van der Waals surface area (Å²) in [6.45, 7) is 11.7. The number of hydrogen-bond acceptors (Lipinski definition) is 3. The molecule has 0 aliphatic rings. The van der Waals surface area contributed by atoms with E-state index in [0.29, 0.717) is 16.5 Å². The number of hydrogen-bond donors (Lipinski definition) is 2. The van der Waals surface area contributed by atoms with Gasteiger partial charge in [0.1, 0.15) is 6.54 Å². The van der Waals surface area contributed by atoms with Crippen molar-refractivity contribution in [3.8, 4) is 11.5 Å². The first-order chi connectivity index (χ1) is 10.9. The number of nitrogens with two attached hydrogens (primary N) is 2. The van der Waals surface area contributed by atoms with Crippen molar-refractivity contribution < 1.29 is 19.6 Å². The summed E-state index contributed by atoms with van der Waals surface area (Å²) in [6.07, 6.45) is 1.09. The molecule has 0 saturated carbocycles. The fraction of sp³-hybridized carbons (Fsp3) is 0.611. The maximum Gasteiger partial charge on any atom is 0.255 e. The first-order valence-corrected chi connectivity index (χ1v) is 8.43. The Bertz CT molecular complexity index is 580. The summed E-state index contributed by atoms with van der Waals surface area (Å²) in [4.78, 5) is 10.9. The Morgan fingerprint density at radius 2 is 1.88 bits per heavy atom. The zero-order valence-corrected chi connectivity index (χ0v) is 16.3. The van der Waals surface area contributed by atoms with Gasteiger partial charge in [0.25, 0.3) is 5.91 Å². The second-order valence-electron chi connectivity index (χ2n) is 8.00. The van der Waals surface area contributed by atoms with E-state index in [4.69, 9.17) is 26.8 Å². The van der Waals surface area contributed by atoms with Gasteiger partial charge in [0.2, 0.25) is 0 Å². The van der Waals surface area contributed by atoms with Crippen LogP contribution in [0.15, 0.2) is 12.1 Å². The maximum absolute atomic E-state index is 10.9. The molecule has 1 rings (SSSR count). The van der Waals surface area contributed by atoms with Gasteiger partial charge in [0.05, 0.1) is 17.7 Å². The second kappa shape index (κ2) is 8.08. The summed E-state index contributed by atoms with van der Waals surface area (Å²) in [5, 5.41) is 2.71. The standard InChI is InChI=1S/C18H29ClN2O3/c1-17(2,3)11-18(4,5)21-9-12-7-13(19)16(14(8-12)23-6)24-10-15(20)22/h7-8,21H,9-11H2,1-6H3,(H2,20,22)/p+1. The maximum atomic E-state index is 10.9. The van der Waals surface area contributed by atoms with E-state index < -0.39 is 5.91 Å². The van der Waals surface area contributed by atoms with Gasteiger partial charge in [-0.3, -0.25) is 4.79 Å². The van der Waals surface area contributed by atoms with Gasteiger partial charge in [0.15, 0.2) is 18.1 Å². The highest BCUT2D eigenvalue weighted by Crippen LogP contribution is 2.36. The molecule has 0 saturated heterocycles. The normalized spacial score (nSPS) is 12.1. The largest absolute Gasteiger partial charge is 0.493 e. The number of amides is 1. The molecule has 0 aliphatic heterocycles. The Labute approximate surface area is 149 Å². The zero-order chi connectivity index (χ0) is 18.5. The SMILES string of the molecule is COc1cc(C[NH2+]C(C)(C)CC(C)(C)C)cc(Cl)c1OCC(N)=O. The average molecular weight is 358 g/mol. The van der Waals surface area contributed by atoms with Gasteiger partial charge >= 0.3 is 0 Å². The van der Waals surface area contributed by atoms with Crippen LogP contribution in [-0.2, 0) is 11.3 Å². The average Bonchev–Trinajstić information content (AvgIpc) is 2.40. The van der Waals surface area contributed by atoms with Crippen LogP contribution in [-0.4, -0.2) is 25.2 Å². The molecule has 6 heteroatoms. The molecule has 0 bridgehead atoms. The third kappa shape index (κ3) is 6.97. The van der Waals surface area contributed by atoms with E-state index in [1.54, 1.807) is 7.11 Å². The van der Waals surface area contributed by atoms with Crippen molar-refractivity contribution in [1.29, 1.82) is 0 Å². The van der Waals surface area contributed by atoms with Crippen LogP contribution in [0.3, 0.4) is 0 Å². The van der Waals surface area contributed by atoms with Crippen LogP contribution in [0.1, 0.15) is 46.6 Å². The molecule has 0 spiro atoms. The monoisotopic (exact) mass is 357 g/mol. The van der Waals surface area contributed by atoms with Crippen LogP contribution < -0.4 is 20.5 Å². The highest BCUT2D eigenvalue weighted by molar-refractivity contribution is 6.32. The van der Waals surface area contributed by atoms with Gasteiger partial charge in [-0.2, -0.15) is 0 Å². The number of carbonyl (C=O) groups is 1. The van der Waals surface area contributed by atoms with E-state index in [-0.39, 0.29) is 17.6 Å². The molecule has 0 unspecified atom stereocenters. The Balaban J connectivity index is 2.87. The van der Waals surface area contributed by atoms with Crippen LogP contribution in [0.5, 0.6) is 11.5 Å². The summed E-state index contributed by atoms with van der Waals surface area (Å²) >= 11 is 6.28. The summed E-state index contributed by atoms with van der Waals surface area (Å²) < 4.78 is 10.7.